The molecule has 10 heavy (non-hydrogen) atoms. The molecule has 0 amide bonds. The summed E-state index contributed by atoms with van der Waals surface area (Å²) >= 11 is 3.34. The van der Waals surface area contributed by atoms with Gasteiger partial charge in [0.1, 0.15) is 11.8 Å². The van der Waals surface area contributed by atoms with Gasteiger partial charge in [-0.05, 0) is 28.4 Å². The summed E-state index contributed by atoms with van der Waals surface area (Å²) in [5.74, 6) is 0. The first-order valence-electron chi connectivity index (χ1n) is 3.05. The normalized spacial score (nSPS) is 9.30. The van der Waals surface area contributed by atoms with Crippen molar-refractivity contribution in [2.45, 2.75) is 13.3 Å². The molecule has 1 aromatic rings. The molecule has 0 aliphatic carbocycles. The minimum absolute atomic E-state index is 0.615. The van der Waals surface area contributed by atoms with Crippen molar-refractivity contribution in [3.8, 4) is 6.07 Å². The standard InChI is InChI=1S/C7H7BrN2/c1-2-7-6(8)3-5(4-9)10-7/h3,10H,2H2,1H3. The lowest BCUT2D eigenvalue weighted by Gasteiger charge is -1.87. The largest absolute Gasteiger partial charge is 0.349 e. The molecule has 1 heterocycles. The van der Waals surface area contributed by atoms with Crippen LogP contribution < -0.4 is 0 Å². The number of nitrogens with zero attached hydrogens (tertiary/aromatic N) is 1. The van der Waals surface area contributed by atoms with Crippen LogP contribution in [0.2, 0.25) is 0 Å². The molecule has 0 fully saturated rings. The number of nitriles is 1. The molecule has 0 atom stereocenters. The monoisotopic (exact) mass is 198 g/mol. The maximum atomic E-state index is 8.47. The fourth-order valence-electron chi connectivity index (χ4n) is 0.790. The van der Waals surface area contributed by atoms with E-state index >= 15 is 0 Å². The van der Waals surface area contributed by atoms with Gasteiger partial charge in [0.15, 0.2) is 0 Å². The van der Waals surface area contributed by atoms with E-state index in [1.807, 2.05) is 13.0 Å². The Morgan fingerprint density at radius 3 is 2.80 bits per heavy atom. The minimum Gasteiger partial charge on any atom is -0.349 e. The van der Waals surface area contributed by atoms with E-state index in [0.29, 0.717) is 5.69 Å². The molecule has 0 saturated heterocycles. The Bertz CT molecular complexity index is 270. The maximum Gasteiger partial charge on any atom is 0.118 e. The molecule has 3 heteroatoms. The van der Waals surface area contributed by atoms with E-state index in [4.69, 9.17) is 5.26 Å². The average molecular weight is 199 g/mol. The van der Waals surface area contributed by atoms with Gasteiger partial charge in [0.25, 0.3) is 0 Å². The second kappa shape index (κ2) is 2.89. The maximum absolute atomic E-state index is 8.47. The van der Waals surface area contributed by atoms with E-state index in [9.17, 15) is 0 Å². The topological polar surface area (TPSA) is 39.6 Å². The highest BCUT2D eigenvalue weighted by Crippen LogP contribution is 2.17. The van der Waals surface area contributed by atoms with Crippen LogP contribution in [-0.4, -0.2) is 4.98 Å². The first kappa shape index (κ1) is 7.36. The van der Waals surface area contributed by atoms with Gasteiger partial charge in [-0.15, -0.1) is 0 Å². The summed E-state index contributed by atoms with van der Waals surface area (Å²) in [7, 11) is 0. The van der Waals surface area contributed by atoms with E-state index in [1.54, 1.807) is 6.07 Å². The zero-order chi connectivity index (χ0) is 7.56. The van der Waals surface area contributed by atoms with Gasteiger partial charge in [-0.25, -0.2) is 0 Å². The summed E-state index contributed by atoms with van der Waals surface area (Å²) in [6.45, 7) is 2.04. The molecule has 0 spiro atoms. The smallest absolute Gasteiger partial charge is 0.118 e. The van der Waals surface area contributed by atoms with E-state index in [0.717, 1.165) is 16.6 Å². The Labute approximate surface area is 68.0 Å². The van der Waals surface area contributed by atoms with Crippen molar-refractivity contribution in [3.63, 3.8) is 0 Å². The predicted molar refractivity (Wildman–Crippen MR) is 42.6 cm³/mol. The molecule has 0 bridgehead atoms. The highest BCUT2D eigenvalue weighted by atomic mass is 79.9. The SMILES string of the molecule is CCc1[nH]c(C#N)cc1Br. The van der Waals surface area contributed by atoms with Crippen molar-refractivity contribution in [1.82, 2.24) is 4.98 Å². The Kier molecular flexibility index (Phi) is 2.13. The molecule has 0 radical (unpaired) electrons. The molecule has 0 aliphatic rings. The number of aromatic nitrogens is 1. The van der Waals surface area contributed by atoms with Crippen molar-refractivity contribution in [2.75, 3.05) is 0 Å². The van der Waals surface area contributed by atoms with Gasteiger partial charge in [-0.3, -0.25) is 0 Å². The predicted octanol–water partition coefficient (Wildman–Crippen LogP) is 2.21. The van der Waals surface area contributed by atoms with Crippen LogP contribution in [-0.2, 0) is 6.42 Å². The number of aryl methyl sites for hydroxylation is 1. The molecule has 2 nitrogen and oxygen atoms in total. The van der Waals surface area contributed by atoms with Gasteiger partial charge < -0.3 is 4.98 Å². The Morgan fingerprint density at radius 1 is 1.80 bits per heavy atom. The summed E-state index contributed by atoms with van der Waals surface area (Å²) in [5, 5.41) is 8.47. The van der Waals surface area contributed by atoms with Gasteiger partial charge in [0, 0.05) is 10.2 Å². The number of aromatic amines is 1. The molecule has 1 aromatic heterocycles. The summed E-state index contributed by atoms with van der Waals surface area (Å²) in [6, 6.07) is 3.83. The van der Waals surface area contributed by atoms with E-state index in [1.165, 1.54) is 0 Å². The van der Waals surface area contributed by atoms with Crippen LogP contribution in [0.25, 0.3) is 0 Å². The van der Waals surface area contributed by atoms with E-state index < -0.39 is 0 Å². The zero-order valence-electron chi connectivity index (χ0n) is 5.61. The molecular weight excluding hydrogens is 192 g/mol. The van der Waals surface area contributed by atoms with Gasteiger partial charge in [0.2, 0.25) is 0 Å². The third kappa shape index (κ3) is 1.22. The number of hydrogen-bond donors (Lipinski definition) is 1. The van der Waals surface area contributed by atoms with Crippen LogP contribution >= 0.6 is 15.9 Å². The molecule has 0 saturated carbocycles. The molecule has 0 aliphatic heterocycles. The average Bonchev–Trinajstić information content (AvgIpc) is 2.30. The van der Waals surface area contributed by atoms with Crippen LogP contribution in [0, 0.1) is 11.3 Å². The van der Waals surface area contributed by atoms with Crippen molar-refractivity contribution in [2.24, 2.45) is 0 Å². The fourth-order valence-corrected chi connectivity index (χ4v) is 1.40. The molecular formula is C7H7BrN2. The second-order valence-corrected chi connectivity index (χ2v) is 2.83. The summed E-state index contributed by atoms with van der Waals surface area (Å²) in [5.41, 5.74) is 1.69. The third-order valence-electron chi connectivity index (χ3n) is 1.32. The Hall–Kier alpha value is -0.750. The van der Waals surface area contributed by atoms with E-state index in [-0.39, 0.29) is 0 Å². The number of halogens is 1. The Balaban J connectivity index is 3.07. The van der Waals surface area contributed by atoms with Gasteiger partial charge >= 0.3 is 0 Å². The summed E-state index contributed by atoms with van der Waals surface area (Å²) in [4.78, 5) is 2.97. The lowest BCUT2D eigenvalue weighted by molar-refractivity contribution is 1.05. The second-order valence-electron chi connectivity index (χ2n) is 1.97. The van der Waals surface area contributed by atoms with Gasteiger partial charge in [-0.2, -0.15) is 5.26 Å². The van der Waals surface area contributed by atoms with Gasteiger partial charge in [0.05, 0.1) is 0 Å². The van der Waals surface area contributed by atoms with Crippen molar-refractivity contribution in [1.29, 1.82) is 5.26 Å². The third-order valence-corrected chi connectivity index (χ3v) is 2.03. The lowest BCUT2D eigenvalue weighted by atomic mass is 10.3. The van der Waals surface area contributed by atoms with Crippen LogP contribution in [0.15, 0.2) is 10.5 Å². The van der Waals surface area contributed by atoms with Crippen molar-refractivity contribution < 1.29 is 0 Å². The summed E-state index contributed by atoms with van der Waals surface area (Å²) in [6.07, 6.45) is 0.919. The molecule has 0 unspecified atom stereocenters. The molecule has 52 valence electrons. The van der Waals surface area contributed by atoms with E-state index in [2.05, 4.69) is 20.9 Å². The molecule has 1 rings (SSSR count). The van der Waals surface area contributed by atoms with Crippen LogP contribution in [0.4, 0.5) is 0 Å². The van der Waals surface area contributed by atoms with Crippen LogP contribution in [0.1, 0.15) is 18.3 Å². The Morgan fingerprint density at radius 2 is 2.50 bits per heavy atom. The quantitative estimate of drug-likeness (QED) is 0.739. The van der Waals surface area contributed by atoms with Gasteiger partial charge in [-0.1, -0.05) is 6.92 Å². The number of hydrogen-bond acceptors (Lipinski definition) is 1. The number of H-pyrrole nitrogens is 1. The summed E-state index contributed by atoms with van der Waals surface area (Å²) < 4.78 is 0.992. The van der Waals surface area contributed by atoms with Crippen molar-refractivity contribution >= 4 is 15.9 Å². The number of rotatable bonds is 1. The fraction of sp³-hybridized carbons (Fsp3) is 0.286. The number of nitrogens with one attached hydrogen (secondary N) is 1. The van der Waals surface area contributed by atoms with Crippen LogP contribution in [0.5, 0.6) is 0 Å². The zero-order valence-corrected chi connectivity index (χ0v) is 7.20. The molecule has 1 N–H and O–H groups in total. The lowest BCUT2D eigenvalue weighted by Crippen LogP contribution is -1.79. The van der Waals surface area contributed by atoms with Crippen molar-refractivity contribution in [3.05, 3.63) is 21.9 Å². The van der Waals surface area contributed by atoms with Crippen LogP contribution in [0.3, 0.4) is 0 Å². The molecule has 0 aromatic carbocycles. The first-order valence-corrected chi connectivity index (χ1v) is 3.84. The minimum atomic E-state index is 0.615. The highest BCUT2D eigenvalue weighted by Gasteiger charge is 2.01. The first-order chi connectivity index (χ1) is 4.77. The highest BCUT2D eigenvalue weighted by molar-refractivity contribution is 9.10.